The van der Waals surface area contributed by atoms with E-state index in [4.69, 9.17) is 4.74 Å². The lowest BCUT2D eigenvalue weighted by atomic mass is 9.79. The van der Waals surface area contributed by atoms with Gasteiger partial charge in [0, 0.05) is 6.04 Å². The van der Waals surface area contributed by atoms with Crippen molar-refractivity contribution in [3.05, 3.63) is 0 Å². The van der Waals surface area contributed by atoms with Crippen molar-refractivity contribution < 1.29 is 9.53 Å². The Balaban J connectivity index is 2.06. The van der Waals surface area contributed by atoms with E-state index in [1.165, 1.54) is 6.42 Å². The van der Waals surface area contributed by atoms with Gasteiger partial charge in [-0.2, -0.15) is 0 Å². The van der Waals surface area contributed by atoms with Crippen LogP contribution in [0, 0.1) is 5.92 Å². The SMILES string of the molecule is CCOC(=O)NC1CC(CC)C1. The number of nitrogens with one attached hydrogen (secondary N) is 1. The molecule has 0 heterocycles. The predicted octanol–water partition coefficient (Wildman–Crippen LogP) is 1.92. The van der Waals surface area contributed by atoms with Crippen LogP contribution >= 0.6 is 0 Å². The van der Waals surface area contributed by atoms with E-state index in [2.05, 4.69) is 12.2 Å². The van der Waals surface area contributed by atoms with E-state index in [0.29, 0.717) is 12.6 Å². The zero-order chi connectivity index (χ0) is 8.97. The summed E-state index contributed by atoms with van der Waals surface area (Å²) < 4.78 is 4.77. The van der Waals surface area contributed by atoms with Gasteiger partial charge in [0.25, 0.3) is 0 Å². The van der Waals surface area contributed by atoms with Crippen LogP contribution in [-0.4, -0.2) is 18.7 Å². The van der Waals surface area contributed by atoms with Crippen LogP contribution in [-0.2, 0) is 4.74 Å². The first-order valence-corrected chi connectivity index (χ1v) is 4.69. The molecule has 0 saturated heterocycles. The standard InChI is InChI=1S/C9H17NO2/c1-3-7-5-8(6-7)10-9(11)12-4-2/h7-8H,3-6H2,1-2H3,(H,10,11). The molecule has 70 valence electrons. The smallest absolute Gasteiger partial charge is 0.407 e. The predicted molar refractivity (Wildman–Crippen MR) is 47.0 cm³/mol. The molecule has 0 radical (unpaired) electrons. The first-order chi connectivity index (χ1) is 5.76. The highest BCUT2D eigenvalue weighted by Crippen LogP contribution is 2.29. The molecule has 1 saturated carbocycles. The molecule has 3 nitrogen and oxygen atoms in total. The molecular weight excluding hydrogens is 154 g/mol. The molecule has 0 aromatic rings. The van der Waals surface area contributed by atoms with E-state index in [0.717, 1.165) is 18.8 Å². The molecule has 0 aromatic carbocycles. The average Bonchev–Trinajstić information content (AvgIpc) is 1.96. The third-order valence-electron chi connectivity index (χ3n) is 2.41. The fraction of sp³-hybridized carbons (Fsp3) is 0.889. The average molecular weight is 171 g/mol. The van der Waals surface area contributed by atoms with Crippen LogP contribution in [0.1, 0.15) is 33.1 Å². The Morgan fingerprint density at radius 2 is 2.17 bits per heavy atom. The quantitative estimate of drug-likeness (QED) is 0.704. The zero-order valence-corrected chi connectivity index (χ0v) is 7.80. The van der Waals surface area contributed by atoms with Gasteiger partial charge < -0.3 is 10.1 Å². The number of rotatable bonds is 3. The molecule has 0 spiro atoms. The van der Waals surface area contributed by atoms with Crippen molar-refractivity contribution in [1.29, 1.82) is 0 Å². The van der Waals surface area contributed by atoms with Crippen LogP contribution in [0.2, 0.25) is 0 Å². The molecule has 1 fully saturated rings. The Bertz CT molecular complexity index is 153. The normalized spacial score (nSPS) is 27.5. The fourth-order valence-electron chi connectivity index (χ4n) is 1.53. The summed E-state index contributed by atoms with van der Waals surface area (Å²) in [7, 11) is 0. The summed E-state index contributed by atoms with van der Waals surface area (Å²) in [4.78, 5) is 10.9. The minimum Gasteiger partial charge on any atom is -0.450 e. The summed E-state index contributed by atoms with van der Waals surface area (Å²) in [5, 5.41) is 2.82. The molecule has 1 aliphatic rings. The molecule has 0 atom stereocenters. The van der Waals surface area contributed by atoms with Gasteiger partial charge in [-0.05, 0) is 25.7 Å². The summed E-state index contributed by atoms with van der Waals surface area (Å²) in [6.07, 6.45) is 3.20. The largest absolute Gasteiger partial charge is 0.450 e. The van der Waals surface area contributed by atoms with Crippen LogP contribution in [0.5, 0.6) is 0 Å². The summed E-state index contributed by atoms with van der Waals surface area (Å²) in [6.45, 7) is 4.45. The van der Waals surface area contributed by atoms with E-state index < -0.39 is 0 Å². The highest BCUT2D eigenvalue weighted by molar-refractivity contribution is 5.67. The van der Waals surface area contributed by atoms with E-state index in [1.54, 1.807) is 0 Å². The van der Waals surface area contributed by atoms with Crippen LogP contribution < -0.4 is 5.32 Å². The minimum atomic E-state index is -0.267. The van der Waals surface area contributed by atoms with Crippen molar-refractivity contribution in [2.75, 3.05) is 6.61 Å². The monoisotopic (exact) mass is 171 g/mol. The van der Waals surface area contributed by atoms with Gasteiger partial charge in [-0.25, -0.2) is 4.79 Å². The second-order valence-electron chi connectivity index (χ2n) is 3.31. The number of hydrogen-bond donors (Lipinski definition) is 1. The van der Waals surface area contributed by atoms with Crippen molar-refractivity contribution in [2.24, 2.45) is 5.92 Å². The number of alkyl carbamates (subject to hydrolysis) is 1. The maximum Gasteiger partial charge on any atom is 0.407 e. The summed E-state index contributed by atoms with van der Waals surface area (Å²) in [6, 6.07) is 0.369. The minimum absolute atomic E-state index is 0.267. The van der Waals surface area contributed by atoms with Gasteiger partial charge in [0.2, 0.25) is 0 Å². The summed E-state index contributed by atoms with van der Waals surface area (Å²) in [5.74, 6) is 0.817. The Morgan fingerprint density at radius 1 is 1.50 bits per heavy atom. The second-order valence-corrected chi connectivity index (χ2v) is 3.31. The zero-order valence-electron chi connectivity index (χ0n) is 7.80. The van der Waals surface area contributed by atoms with Crippen molar-refractivity contribution in [3.63, 3.8) is 0 Å². The molecule has 0 bridgehead atoms. The molecule has 1 aliphatic carbocycles. The van der Waals surface area contributed by atoms with Crippen molar-refractivity contribution in [1.82, 2.24) is 5.32 Å². The summed E-state index contributed by atoms with van der Waals surface area (Å²) in [5.41, 5.74) is 0. The number of hydrogen-bond acceptors (Lipinski definition) is 2. The molecular formula is C9H17NO2. The van der Waals surface area contributed by atoms with Crippen molar-refractivity contribution >= 4 is 6.09 Å². The van der Waals surface area contributed by atoms with Crippen LogP contribution in [0.3, 0.4) is 0 Å². The Hall–Kier alpha value is -0.730. The maximum atomic E-state index is 10.9. The Labute approximate surface area is 73.5 Å². The lowest BCUT2D eigenvalue weighted by molar-refractivity contribution is 0.131. The molecule has 1 N–H and O–H groups in total. The number of amides is 1. The molecule has 12 heavy (non-hydrogen) atoms. The first-order valence-electron chi connectivity index (χ1n) is 4.69. The Kier molecular flexibility index (Phi) is 3.38. The maximum absolute atomic E-state index is 10.9. The highest BCUT2D eigenvalue weighted by atomic mass is 16.5. The molecule has 3 heteroatoms. The third-order valence-corrected chi connectivity index (χ3v) is 2.41. The van der Waals surface area contributed by atoms with Gasteiger partial charge in [0.1, 0.15) is 0 Å². The van der Waals surface area contributed by atoms with Crippen molar-refractivity contribution in [3.8, 4) is 0 Å². The van der Waals surface area contributed by atoms with E-state index in [1.807, 2.05) is 6.92 Å². The first kappa shape index (κ1) is 9.36. The highest BCUT2D eigenvalue weighted by Gasteiger charge is 2.28. The van der Waals surface area contributed by atoms with Crippen molar-refractivity contribution in [2.45, 2.75) is 39.2 Å². The lowest BCUT2D eigenvalue weighted by Gasteiger charge is -2.34. The molecule has 1 rings (SSSR count). The van der Waals surface area contributed by atoms with Gasteiger partial charge in [-0.15, -0.1) is 0 Å². The van der Waals surface area contributed by atoms with Gasteiger partial charge >= 0.3 is 6.09 Å². The summed E-state index contributed by atoms with van der Waals surface area (Å²) >= 11 is 0. The fourth-order valence-corrected chi connectivity index (χ4v) is 1.53. The topological polar surface area (TPSA) is 38.3 Å². The van der Waals surface area contributed by atoms with Gasteiger partial charge in [0.15, 0.2) is 0 Å². The van der Waals surface area contributed by atoms with Crippen LogP contribution in [0.4, 0.5) is 4.79 Å². The third kappa shape index (κ3) is 2.40. The molecule has 0 aliphatic heterocycles. The van der Waals surface area contributed by atoms with Gasteiger partial charge in [-0.1, -0.05) is 13.3 Å². The van der Waals surface area contributed by atoms with Gasteiger partial charge in [0.05, 0.1) is 6.61 Å². The second kappa shape index (κ2) is 4.33. The number of ether oxygens (including phenoxy) is 1. The van der Waals surface area contributed by atoms with E-state index >= 15 is 0 Å². The molecule has 0 unspecified atom stereocenters. The number of carbonyl (C=O) groups excluding carboxylic acids is 1. The lowest BCUT2D eigenvalue weighted by Crippen LogP contribution is -2.44. The van der Waals surface area contributed by atoms with Gasteiger partial charge in [-0.3, -0.25) is 0 Å². The van der Waals surface area contributed by atoms with Crippen LogP contribution in [0.25, 0.3) is 0 Å². The Morgan fingerprint density at radius 3 is 2.67 bits per heavy atom. The van der Waals surface area contributed by atoms with Crippen LogP contribution in [0.15, 0.2) is 0 Å². The number of carbonyl (C=O) groups is 1. The van der Waals surface area contributed by atoms with E-state index in [9.17, 15) is 4.79 Å². The van der Waals surface area contributed by atoms with E-state index in [-0.39, 0.29) is 6.09 Å². The molecule has 1 amide bonds. The molecule has 0 aromatic heterocycles.